The lowest BCUT2D eigenvalue weighted by atomic mass is 9.96. The van der Waals surface area contributed by atoms with Crippen LogP contribution in [-0.4, -0.2) is 46.7 Å². The maximum absolute atomic E-state index is 12.4. The standard InChI is InChI=1S/C13H19N3O2S/c1-10(17)16-5-3-4-11(6-16)13(18)15(2)7-12-8-19-9-14-12/h8-9,11H,3-7H2,1-2H3. The summed E-state index contributed by atoms with van der Waals surface area (Å²) >= 11 is 1.53. The van der Waals surface area contributed by atoms with Crippen LogP contribution < -0.4 is 0 Å². The minimum atomic E-state index is -0.0683. The van der Waals surface area contributed by atoms with Crippen molar-refractivity contribution in [3.8, 4) is 0 Å². The molecular weight excluding hydrogens is 262 g/mol. The molecule has 0 N–H and O–H groups in total. The summed E-state index contributed by atoms with van der Waals surface area (Å²) in [6.45, 7) is 3.43. The number of amides is 2. The zero-order chi connectivity index (χ0) is 13.8. The molecule has 0 radical (unpaired) electrons. The van der Waals surface area contributed by atoms with E-state index in [4.69, 9.17) is 0 Å². The van der Waals surface area contributed by atoms with Gasteiger partial charge in [0.25, 0.3) is 0 Å². The lowest BCUT2D eigenvalue weighted by molar-refractivity contribution is -0.139. The first-order valence-corrected chi connectivity index (χ1v) is 7.39. The first-order valence-electron chi connectivity index (χ1n) is 6.45. The quantitative estimate of drug-likeness (QED) is 0.840. The first kappa shape index (κ1) is 14.0. The number of aromatic nitrogens is 1. The number of nitrogens with zero attached hydrogens (tertiary/aromatic N) is 3. The lowest BCUT2D eigenvalue weighted by Gasteiger charge is -2.33. The fourth-order valence-electron chi connectivity index (χ4n) is 2.41. The SMILES string of the molecule is CC(=O)N1CCCC(C(=O)N(C)Cc2cscn2)C1. The second kappa shape index (κ2) is 6.14. The van der Waals surface area contributed by atoms with E-state index in [1.807, 2.05) is 5.38 Å². The Labute approximate surface area is 117 Å². The van der Waals surface area contributed by atoms with Crippen molar-refractivity contribution in [3.05, 3.63) is 16.6 Å². The van der Waals surface area contributed by atoms with Gasteiger partial charge in [0, 0.05) is 32.4 Å². The summed E-state index contributed by atoms with van der Waals surface area (Å²) in [7, 11) is 1.80. The molecule has 2 amide bonds. The van der Waals surface area contributed by atoms with Gasteiger partial charge in [0.2, 0.25) is 11.8 Å². The molecule has 1 aliphatic rings. The summed E-state index contributed by atoms with van der Waals surface area (Å²) in [4.78, 5) is 31.4. The van der Waals surface area contributed by atoms with Crippen LogP contribution in [0.15, 0.2) is 10.9 Å². The van der Waals surface area contributed by atoms with E-state index >= 15 is 0 Å². The Morgan fingerprint density at radius 3 is 3.00 bits per heavy atom. The maximum atomic E-state index is 12.4. The molecule has 1 aromatic heterocycles. The van der Waals surface area contributed by atoms with Crippen LogP contribution in [-0.2, 0) is 16.1 Å². The van der Waals surface area contributed by atoms with Crippen molar-refractivity contribution < 1.29 is 9.59 Å². The predicted molar refractivity (Wildman–Crippen MR) is 73.6 cm³/mol. The van der Waals surface area contributed by atoms with E-state index in [2.05, 4.69) is 4.98 Å². The van der Waals surface area contributed by atoms with Crippen LogP contribution >= 0.6 is 11.3 Å². The highest BCUT2D eigenvalue weighted by molar-refractivity contribution is 7.07. The van der Waals surface area contributed by atoms with Crippen molar-refractivity contribution >= 4 is 23.2 Å². The number of rotatable bonds is 3. The van der Waals surface area contributed by atoms with Gasteiger partial charge in [-0.25, -0.2) is 4.98 Å². The average Bonchev–Trinajstić information content (AvgIpc) is 2.90. The summed E-state index contributed by atoms with van der Waals surface area (Å²) in [5, 5.41) is 1.95. The molecule has 0 bridgehead atoms. The molecular formula is C13H19N3O2S. The van der Waals surface area contributed by atoms with Gasteiger partial charge in [0.1, 0.15) is 0 Å². The lowest BCUT2D eigenvalue weighted by Crippen LogP contribution is -2.45. The molecule has 0 aromatic carbocycles. The van der Waals surface area contributed by atoms with Gasteiger partial charge in [0.15, 0.2) is 0 Å². The highest BCUT2D eigenvalue weighted by Gasteiger charge is 2.29. The molecule has 1 atom stereocenters. The maximum Gasteiger partial charge on any atom is 0.227 e. The third-order valence-corrected chi connectivity index (χ3v) is 4.11. The summed E-state index contributed by atoms with van der Waals surface area (Å²) in [5.41, 5.74) is 2.69. The Balaban J connectivity index is 1.93. The molecule has 2 rings (SSSR count). The van der Waals surface area contributed by atoms with Gasteiger partial charge in [-0.15, -0.1) is 11.3 Å². The second-order valence-electron chi connectivity index (χ2n) is 4.98. The third-order valence-electron chi connectivity index (χ3n) is 3.47. The number of hydrogen-bond donors (Lipinski definition) is 0. The van der Waals surface area contributed by atoms with Crippen molar-refractivity contribution in [3.63, 3.8) is 0 Å². The minimum Gasteiger partial charge on any atom is -0.342 e. The zero-order valence-electron chi connectivity index (χ0n) is 11.3. The molecule has 1 fully saturated rings. The summed E-state index contributed by atoms with van der Waals surface area (Å²) in [6, 6.07) is 0. The van der Waals surface area contributed by atoms with Crippen molar-refractivity contribution in [2.24, 2.45) is 5.92 Å². The van der Waals surface area contributed by atoms with Crippen LogP contribution in [0.5, 0.6) is 0 Å². The van der Waals surface area contributed by atoms with E-state index < -0.39 is 0 Å². The van der Waals surface area contributed by atoms with Gasteiger partial charge in [0.05, 0.1) is 23.7 Å². The number of hydrogen-bond acceptors (Lipinski definition) is 4. The van der Waals surface area contributed by atoms with Crippen molar-refractivity contribution in [1.29, 1.82) is 0 Å². The molecule has 104 valence electrons. The molecule has 0 aliphatic carbocycles. The van der Waals surface area contributed by atoms with Gasteiger partial charge in [-0.3, -0.25) is 9.59 Å². The van der Waals surface area contributed by atoms with Crippen LogP contribution in [0, 0.1) is 5.92 Å². The fourth-order valence-corrected chi connectivity index (χ4v) is 2.96. The zero-order valence-corrected chi connectivity index (χ0v) is 12.2. The van der Waals surface area contributed by atoms with Gasteiger partial charge < -0.3 is 9.80 Å². The van der Waals surface area contributed by atoms with Gasteiger partial charge >= 0.3 is 0 Å². The van der Waals surface area contributed by atoms with Crippen LogP contribution in [0.4, 0.5) is 0 Å². The Morgan fingerprint density at radius 1 is 1.58 bits per heavy atom. The van der Waals surface area contributed by atoms with Crippen LogP contribution in [0.25, 0.3) is 0 Å². The molecule has 0 saturated carbocycles. The van der Waals surface area contributed by atoms with Crippen molar-refractivity contribution in [2.75, 3.05) is 20.1 Å². The van der Waals surface area contributed by atoms with Crippen LogP contribution in [0.1, 0.15) is 25.5 Å². The molecule has 1 saturated heterocycles. The Kier molecular flexibility index (Phi) is 4.52. The molecule has 2 heterocycles. The summed E-state index contributed by atoms with van der Waals surface area (Å²) < 4.78 is 0. The Bertz CT molecular complexity index is 447. The molecule has 0 spiro atoms. The Hall–Kier alpha value is -1.43. The second-order valence-corrected chi connectivity index (χ2v) is 5.70. The van der Waals surface area contributed by atoms with E-state index in [0.717, 1.165) is 25.1 Å². The monoisotopic (exact) mass is 281 g/mol. The number of carbonyl (C=O) groups excluding carboxylic acids is 2. The number of piperidine rings is 1. The van der Waals surface area contributed by atoms with Gasteiger partial charge in [-0.1, -0.05) is 0 Å². The highest BCUT2D eigenvalue weighted by atomic mass is 32.1. The predicted octanol–water partition coefficient (Wildman–Crippen LogP) is 1.36. The number of thiazole rings is 1. The first-order chi connectivity index (χ1) is 9.08. The van der Waals surface area contributed by atoms with Crippen molar-refractivity contribution in [2.45, 2.75) is 26.3 Å². The smallest absolute Gasteiger partial charge is 0.227 e. The minimum absolute atomic E-state index is 0.0552. The average molecular weight is 281 g/mol. The van der Waals surface area contributed by atoms with E-state index in [1.165, 1.54) is 11.3 Å². The number of carbonyl (C=O) groups is 2. The van der Waals surface area contributed by atoms with Crippen LogP contribution in [0.3, 0.4) is 0 Å². The highest BCUT2D eigenvalue weighted by Crippen LogP contribution is 2.19. The molecule has 1 unspecified atom stereocenters. The normalized spacial score (nSPS) is 19.3. The van der Waals surface area contributed by atoms with E-state index in [0.29, 0.717) is 13.1 Å². The number of likely N-dealkylation sites (tertiary alicyclic amines) is 1. The topological polar surface area (TPSA) is 53.5 Å². The molecule has 19 heavy (non-hydrogen) atoms. The third kappa shape index (κ3) is 3.53. The van der Waals surface area contributed by atoms with Crippen molar-refractivity contribution in [1.82, 2.24) is 14.8 Å². The van der Waals surface area contributed by atoms with Gasteiger partial charge in [-0.2, -0.15) is 0 Å². The molecule has 6 heteroatoms. The van der Waals surface area contributed by atoms with Crippen LogP contribution in [0.2, 0.25) is 0 Å². The molecule has 5 nitrogen and oxygen atoms in total. The van der Waals surface area contributed by atoms with Gasteiger partial charge in [-0.05, 0) is 12.8 Å². The molecule has 1 aliphatic heterocycles. The molecule has 1 aromatic rings. The summed E-state index contributed by atoms with van der Waals surface area (Å²) in [5.74, 6) is 0.0971. The largest absolute Gasteiger partial charge is 0.342 e. The van der Waals surface area contributed by atoms with E-state index in [-0.39, 0.29) is 17.7 Å². The van der Waals surface area contributed by atoms with E-state index in [9.17, 15) is 9.59 Å². The van der Waals surface area contributed by atoms with E-state index in [1.54, 1.807) is 29.3 Å². The Morgan fingerprint density at radius 2 is 2.37 bits per heavy atom. The summed E-state index contributed by atoms with van der Waals surface area (Å²) in [6.07, 6.45) is 1.77. The fraction of sp³-hybridized carbons (Fsp3) is 0.615.